The molecule has 0 saturated carbocycles. The van der Waals surface area contributed by atoms with Crippen LogP contribution in [0.2, 0.25) is 0 Å². The summed E-state index contributed by atoms with van der Waals surface area (Å²) in [5, 5.41) is 3.41. The van der Waals surface area contributed by atoms with Crippen molar-refractivity contribution in [3.63, 3.8) is 0 Å². The molecule has 1 atom stereocenters. The van der Waals surface area contributed by atoms with Gasteiger partial charge in [0.1, 0.15) is 10.8 Å². The molecule has 3 rings (SSSR count). The van der Waals surface area contributed by atoms with Gasteiger partial charge in [-0.25, -0.2) is 0 Å². The Morgan fingerprint density at radius 3 is 2.69 bits per heavy atom. The number of hydrogen-bond donors (Lipinski definition) is 2. The van der Waals surface area contributed by atoms with Gasteiger partial charge in [-0.3, -0.25) is 9.59 Å². The Hall–Kier alpha value is -2.34. The third kappa shape index (κ3) is 4.64. The van der Waals surface area contributed by atoms with E-state index in [9.17, 15) is 9.59 Å². The van der Waals surface area contributed by atoms with Crippen molar-refractivity contribution < 1.29 is 14.3 Å². The molecule has 0 bridgehead atoms. The summed E-state index contributed by atoms with van der Waals surface area (Å²) >= 11 is 1.49. The number of fused-ring (bicyclic) bond motifs is 1. The predicted molar refractivity (Wildman–Crippen MR) is 118 cm³/mol. The molecular formula is C23H30N2O3S. The predicted octanol–water partition coefficient (Wildman–Crippen LogP) is 4.71. The van der Waals surface area contributed by atoms with Crippen LogP contribution in [0.3, 0.4) is 0 Å². The van der Waals surface area contributed by atoms with Gasteiger partial charge in [0.05, 0.1) is 5.56 Å². The second kappa shape index (κ2) is 8.57. The Labute approximate surface area is 176 Å². The second-order valence-corrected chi connectivity index (χ2v) is 9.56. The molecule has 0 aliphatic heterocycles. The molecule has 0 radical (unpaired) electrons. The van der Waals surface area contributed by atoms with Crippen LogP contribution in [0.25, 0.3) is 0 Å². The second-order valence-electron chi connectivity index (χ2n) is 8.46. The molecule has 1 aliphatic carbocycles. The van der Waals surface area contributed by atoms with Gasteiger partial charge in [0, 0.05) is 4.88 Å². The van der Waals surface area contributed by atoms with Crippen molar-refractivity contribution in [1.29, 1.82) is 0 Å². The number of carbonyl (C=O) groups excluding carboxylic acids is 2. The third-order valence-electron chi connectivity index (χ3n) is 6.23. The number of anilines is 1. The van der Waals surface area contributed by atoms with Crippen molar-refractivity contribution in [3.8, 4) is 5.75 Å². The first kappa shape index (κ1) is 21.4. The minimum atomic E-state index is -0.481. The molecule has 6 heteroatoms. The lowest BCUT2D eigenvalue weighted by Gasteiger charge is -2.36. The summed E-state index contributed by atoms with van der Waals surface area (Å²) in [5.41, 5.74) is 8.38. The van der Waals surface area contributed by atoms with E-state index in [1.807, 2.05) is 31.2 Å². The quantitative estimate of drug-likeness (QED) is 0.688. The van der Waals surface area contributed by atoms with Gasteiger partial charge in [0.15, 0.2) is 6.61 Å². The van der Waals surface area contributed by atoms with Crippen molar-refractivity contribution >= 4 is 28.2 Å². The highest BCUT2D eigenvalue weighted by atomic mass is 32.1. The first-order valence-corrected chi connectivity index (χ1v) is 11.0. The normalized spacial score (nSPS) is 16.2. The number of ether oxygens (including phenoxy) is 1. The maximum Gasteiger partial charge on any atom is 0.262 e. The summed E-state index contributed by atoms with van der Waals surface area (Å²) < 4.78 is 5.63. The highest BCUT2D eigenvalue weighted by Gasteiger charge is 2.35. The fraction of sp³-hybridized carbons (Fsp3) is 0.478. The zero-order valence-corrected chi connectivity index (χ0v) is 18.4. The third-order valence-corrected chi connectivity index (χ3v) is 7.40. The number of hydrogen-bond acceptors (Lipinski definition) is 4. The first-order chi connectivity index (χ1) is 13.7. The SMILES string of the molecule is CCC(C)(C)[C@@H]1CCc2c(sc(NC(=O)COc3ccccc3C)c2C(N)=O)C1. The highest BCUT2D eigenvalue weighted by molar-refractivity contribution is 7.17. The molecule has 156 valence electrons. The highest BCUT2D eigenvalue weighted by Crippen LogP contribution is 2.45. The van der Waals surface area contributed by atoms with Gasteiger partial charge < -0.3 is 15.8 Å². The van der Waals surface area contributed by atoms with Crippen molar-refractivity contribution in [2.75, 3.05) is 11.9 Å². The van der Waals surface area contributed by atoms with Crippen molar-refractivity contribution in [2.24, 2.45) is 17.1 Å². The molecule has 0 fully saturated rings. The fourth-order valence-corrected chi connectivity index (χ4v) is 5.26. The van der Waals surface area contributed by atoms with E-state index < -0.39 is 5.91 Å². The largest absolute Gasteiger partial charge is 0.483 e. The molecule has 1 aromatic carbocycles. The number of amides is 2. The Bertz CT molecular complexity index is 917. The molecule has 3 N–H and O–H groups in total. The maximum atomic E-state index is 12.5. The molecule has 2 aromatic rings. The number of para-hydroxylation sites is 1. The molecule has 5 nitrogen and oxygen atoms in total. The molecule has 0 saturated heterocycles. The van der Waals surface area contributed by atoms with E-state index >= 15 is 0 Å². The molecule has 1 heterocycles. The summed E-state index contributed by atoms with van der Waals surface area (Å²) in [6, 6.07) is 7.55. The Balaban J connectivity index is 1.75. The minimum Gasteiger partial charge on any atom is -0.483 e. The number of nitrogens with two attached hydrogens (primary N) is 1. The Morgan fingerprint density at radius 2 is 2.03 bits per heavy atom. The van der Waals surface area contributed by atoms with Crippen molar-refractivity contribution in [3.05, 3.63) is 45.8 Å². The van der Waals surface area contributed by atoms with Gasteiger partial charge in [-0.1, -0.05) is 45.4 Å². The molecule has 2 amide bonds. The monoisotopic (exact) mass is 414 g/mol. The Kier molecular flexibility index (Phi) is 6.32. The van der Waals surface area contributed by atoms with Crippen LogP contribution >= 0.6 is 11.3 Å². The number of primary amides is 1. The van der Waals surface area contributed by atoms with Gasteiger partial charge in [0.25, 0.3) is 11.8 Å². The lowest BCUT2D eigenvalue weighted by Crippen LogP contribution is -2.29. The van der Waals surface area contributed by atoms with E-state index in [1.165, 1.54) is 16.2 Å². The van der Waals surface area contributed by atoms with Crippen LogP contribution in [0.15, 0.2) is 24.3 Å². The molecule has 0 unspecified atom stereocenters. The summed E-state index contributed by atoms with van der Waals surface area (Å²) in [6.45, 7) is 8.64. The number of thiophene rings is 1. The molecule has 1 aliphatic rings. The van der Waals surface area contributed by atoms with Crippen LogP contribution in [0.4, 0.5) is 5.00 Å². The number of nitrogens with one attached hydrogen (secondary N) is 1. The van der Waals surface area contributed by atoms with Crippen LogP contribution in [-0.2, 0) is 17.6 Å². The zero-order valence-electron chi connectivity index (χ0n) is 17.6. The molecule has 0 spiro atoms. The maximum absolute atomic E-state index is 12.5. The van der Waals surface area contributed by atoms with Crippen molar-refractivity contribution in [2.45, 2.75) is 53.4 Å². The number of rotatable bonds is 7. The van der Waals surface area contributed by atoms with E-state index in [2.05, 4.69) is 26.1 Å². The van der Waals surface area contributed by atoms with Crippen LogP contribution in [0, 0.1) is 18.3 Å². The molecule has 29 heavy (non-hydrogen) atoms. The summed E-state index contributed by atoms with van der Waals surface area (Å²) in [7, 11) is 0. The minimum absolute atomic E-state index is 0.114. The summed E-state index contributed by atoms with van der Waals surface area (Å²) in [4.78, 5) is 25.8. The smallest absolute Gasteiger partial charge is 0.262 e. The van der Waals surface area contributed by atoms with Crippen LogP contribution in [0.1, 0.15) is 60.0 Å². The van der Waals surface area contributed by atoms with Crippen LogP contribution < -0.4 is 15.8 Å². The fourth-order valence-electron chi connectivity index (χ4n) is 3.91. The standard InChI is InChI=1S/C23H30N2O3S/c1-5-23(3,4)15-10-11-16-18(12-15)29-22(20(16)21(24)27)25-19(26)13-28-17-9-7-6-8-14(17)2/h6-9,15H,5,10-13H2,1-4H3,(H2,24,27)(H,25,26)/t15-/m1/s1. The zero-order chi connectivity index (χ0) is 21.2. The van der Waals surface area contributed by atoms with Crippen molar-refractivity contribution in [1.82, 2.24) is 0 Å². The Morgan fingerprint density at radius 1 is 1.31 bits per heavy atom. The van der Waals surface area contributed by atoms with Gasteiger partial charge in [-0.05, 0) is 54.7 Å². The average Bonchev–Trinajstić information content (AvgIpc) is 3.04. The van der Waals surface area contributed by atoms with Crippen LogP contribution in [0.5, 0.6) is 5.75 Å². The lowest BCUT2D eigenvalue weighted by atomic mass is 9.69. The summed E-state index contributed by atoms with van der Waals surface area (Å²) in [5.74, 6) is 0.464. The first-order valence-electron chi connectivity index (χ1n) is 10.2. The van der Waals surface area contributed by atoms with E-state index in [1.54, 1.807) is 0 Å². The topological polar surface area (TPSA) is 81.4 Å². The van der Waals surface area contributed by atoms with Crippen LogP contribution in [-0.4, -0.2) is 18.4 Å². The molecule has 1 aromatic heterocycles. The van der Waals surface area contributed by atoms with E-state index in [4.69, 9.17) is 10.5 Å². The van der Waals surface area contributed by atoms with Gasteiger partial charge in [0.2, 0.25) is 0 Å². The van der Waals surface area contributed by atoms with Gasteiger partial charge in [-0.15, -0.1) is 11.3 Å². The van der Waals surface area contributed by atoms with Gasteiger partial charge in [-0.2, -0.15) is 0 Å². The average molecular weight is 415 g/mol. The molecular weight excluding hydrogens is 384 g/mol. The number of carbonyl (C=O) groups is 2. The van der Waals surface area contributed by atoms with E-state index in [0.29, 0.717) is 22.2 Å². The van der Waals surface area contributed by atoms with Gasteiger partial charge >= 0.3 is 0 Å². The lowest BCUT2D eigenvalue weighted by molar-refractivity contribution is -0.118. The number of aryl methyl sites for hydroxylation is 1. The van der Waals surface area contributed by atoms with E-state index in [-0.39, 0.29) is 17.9 Å². The summed E-state index contributed by atoms with van der Waals surface area (Å²) in [6.07, 6.45) is 3.90. The number of benzene rings is 1. The van der Waals surface area contributed by atoms with E-state index in [0.717, 1.165) is 36.8 Å².